The second kappa shape index (κ2) is 3.58. The van der Waals surface area contributed by atoms with E-state index in [0.29, 0.717) is 0 Å². The van der Waals surface area contributed by atoms with Gasteiger partial charge in [-0.2, -0.15) is 0 Å². The molecule has 0 atom stereocenters. The van der Waals surface area contributed by atoms with Crippen molar-refractivity contribution in [1.29, 1.82) is 0 Å². The van der Waals surface area contributed by atoms with Gasteiger partial charge in [-0.05, 0) is 6.92 Å². The fourth-order valence-electron chi connectivity index (χ4n) is 1.71. The third-order valence-electron chi connectivity index (χ3n) is 2.51. The zero-order chi connectivity index (χ0) is 12.7. The molecule has 0 fully saturated rings. The maximum Gasteiger partial charge on any atom is 0.372 e. The van der Waals surface area contributed by atoms with Crippen LogP contribution in [0.25, 0.3) is 11.2 Å². The summed E-state index contributed by atoms with van der Waals surface area (Å²) in [5, 5.41) is 8.97. The lowest BCUT2D eigenvalue weighted by Crippen LogP contribution is -2.29. The topological polar surface area (TPSA) is 110 Å². The summed E-state index contributed by atoms with van der Waals surface area (Å²) in [4.78, 5) is 39.9. The highest BCUT2D eigenvalue weighted by Gasteiger charge is 2.20. The molecule has 2 rings (SSSR count). The van der Waals surface area contributed by atoms with Gasteiger partial charge in [0.2, 0.25) is 5.82 Å². The summed E-state index contributed by atoms with van der Waals surface area (Å²) in [5.74, 6) is -1.50. The molecule has 8 nitrogen and oxygen atoms in total. The van der Waals surface area contributed by atoms with Crippen LogP contribution in [0, 0.1) is 0 Å². The minimum absolute atomic E-state index is 0.0676. The Balaban J connectivity index is 3.07. The lowest BCUT2D eigenvalue weighted by molar-refractivity contribution is 0.0679. The van der Waals surface area contributed by atoms with Gasteiger partial charge in [0.15, 0.2) is 11.2 Å². The summed E-state index contributed by atoms with van der Waals surface area (Å²) in [6.07, 6.45) is 0. The second-order valence-corrected chi connectivity index (χ2v) is 3.48. The standard InChI is InChI=1S/C9H10N4O4/c1-3-13-4-5(10-6(13)8(15)16)12(2)9(17)11-7(4)14/h3H2,1-2H3,(H,15,16)(H,11,14,17). The first-order valence-electron chi connectivity index (χ1n) is 4.90. The lowest BCUT2D eigenvalue weighted by atomic mass is 10.5. The highest BCUT2D eigenvalue weighted by atomic mass is 16.4. The normalized spacial score (nSPS) is 10.9. The number of carboxylic acid groups (broad SMARTS) is 1. The molecule has 0 spiro atoms. The average molecular weight is 238 g/mol. The van der Waals surface area contributed by atoms with Crippen LogP contribution in [-0.4, -0.2) is 30.2 Å². The van der Waals surface area contributed by atoms with Crippen LogP contribution in [0.2, 0.25) is 0 Å². The molecule has 90 valence electrons. The van der Waals surface area contributed by atoms with E-state index >= 15 is 0 Å². The molecule has 0 unspecified atom stereocenters. The second-order valence-electron chi connectivity index (χ2n) is 3.48. The number of carboxylic acids is 1. The van der Waals surface area contributed by atoms with Crippen LogP contribution >= 0.6 is 0 Å². The van der Waals surface area contributed by atoms with Gasteiger partial charge in [-0.1, -0.05) is 0 Å². The summed E-state index contributed by atoms with van der Waals surface area (Å²) in [7, 11) is 1.42. The molecule has 0 bridgehead atoms. The van der Waals surface area contributed by atoms with E-state index < -0.39 is 17.2 Å². The first-order chi connectivity index (χ1) is 7.97. The van der Waals surface area contributed by atoms with E-state index in [-0.39, 0.29) is 23.5 Å². The largest absolute Gasteiger partial charge is 0.475 e. The van der Waals surface area contributed by atoms with Crippen LogP contribution in [0.15, 0.2) is 9.59 Å². The number of aromatic amines is 1. The van der Waals surface area contributed by atoms with E-state index in [1.807, 2.05) is 0 Å². The Morgan fingerprint density at radius 1 is 1.47 bits per heavy atom. The van der Waals surface area contributed by atoms with Gasteiger partial charge in [0, 0.05) is 13.6 Å². The molecule has 0 aliphatic carbocycles. The third-order valence-corrected chi connectivity index (χ3v) is 2.51. The van der Waals surface area contributed by atoms with Crippen LogP contribution in [0.5, 0.6) is 0 Å². The van der Waals surface area contributed by atoms with E-state index in [1.54, 1.807) is 6.92 Å². The fourth-order valence-corrected chi connectivity index (χ4v) is 1.71. The van der Waals surface area contributed by atoms with E-state index in [2.05, 4.69) is 9.97 Å². The van der Waals surface area contributed by atoms with Gasteiger partial charge in [-0.25, -0.2) is 14.6 Å². The quantitative estimate of drug-likeness (QED) is 0.707. The van der Waals surface area contributed by atoms with Crippen molar-refractivity contribution < 1.29 is 9.90 Å². The summed E-state index contributed by atoms with van der Waals surface area (Å²) < 4.78 is 2.37. The predicted molar refractivity (Wildman–Crippen MR) is 58.2 cm³/mol. The molecule has 0 aliphatic heterocycles. The first kappa shape index (κ1) is 11.1. The highest BCUT2D eigenvalue weighted by molar-refractivity contribution is 5.88. The van der Waals surface area contributed by atoms with Gasteiger partial charge in [0.05, 0.1) is 0 Å². The molecule has 2 N–H and O–H groups in total. The Morgan fingerprint density at radius 2 is 2.12 bits per heavy atom. The van der Waals surface area contributed by atoms with E-state index in [0.717, 1.165) is 4.57 Å². The average Bonchev–Trinajstić information content (AvgIpc) is 2.65. The van der Waals surface area contributed by atoms with E-state index in [4.69, 9.17) is 5.11 Å². The number of aromatic nitrogens is 4. The number of nitrogens with zero attached hydrogens (tertiary/aromatic N) is 3. The lowest BCUT2D eigenvalue weighted by Gasteiger charge is -2.01. The van der Waals surface area contributed by atoms with Crippen molar-refractivity contribution >= 4 is 17.1 Å². The Labute approximate surface area is 94.1 Å². The molecule has 2 aromatic heterocycles. The number of rotatable bonds is 2. The number of H-pyrrole nitrogens is 1. The maximum absolute atomic E-state index is 11.6. The van der Waals surface area contributed by atoms with E-state index in [1.165, 1.54) is 11.6 Å². The summed E-state index contributed by atoms with van der Waals surface area (Å²) in [6, 6.07) is 0. The van der Waals surface area contributed by atoms with E-state index in [9.17, 15) is 14.4 Å². The smallest absolute Gasteiger partial charge is 0.372 e. The van der Waals surface area contributed by atoms with Gasteiger partial charge in [-0.3, -0.25) is 14.3 Å². The van der Waals surface area contributed by atoms with Crippen molar-refractivity contribution in [2.45, 2.75) is 13.5 Å². The highest BCUT2D eigenvalue weighted by Crippen LogP contribution is 2.10. The summed E-state index contributed by atoms with van der Waals surface area (Å²) >= 11 is 0. The number of carbonyl (C=O) groups is 1. The molecule has 0 aromatic carbocycles. The molecule has 8 heteroatoms. The Hall–Kier alpha value is -2.38. The number of aryl methyl sites for hydroxylation is 2. The molecule has 0 aliphatic rings. The monoisotopic (exact) mass is 238 g/mol. The summed E-state index contributed by atoms with van der Waals surface area (Å²) in [5.41, 5.74) is -1.10. The molecular formula is C9H10N4O4. The minimum Gasteiger partial charge on any atom is -0.475 e. The molecular weight excluding hydrogens is 228 g/mol. The van der Waals surface area contributed by atoms with Gasteiger partial charge in [-0.15, -0.1) is 0 Å². The maximum atomic E-state index is 11.6. The molecule has 0 radical (unpaired) electrons. The van der Waals surface area contributed by atoms with Crippen LogP contribution < -0.4 is 11.2 Å². The van der Waals surface area contributed by atoms with Gasteiger partial charge in [0.1, 0.15) is 0 Å². The van der Waals surface area contributed by atoms with Crippen LogP contribution in [0.1, 0.15) is 17.5 Å². The number of hydrogen-bond acceptors (Lipinski definition) is 4. The molecule has 17 heavy (non-hydrogen) atoms. The molecule has 0 amide bonds. The van der Waals surface area contributed by atoms with Crippen LogP contribution in [-0.2, 0) is 13.6 Å². The Bertz CT molecular complexity index is 721. The fraction of sp³-hybridized carbons (Fsp3) is 0.333. The number of imidazole rings is 1. The number of fused-ring (bicyclic) bond motifs is 1. The van der Waals surface area contributed by atoms with Crippen molar-refractivity contribution in [1.82, 2.24) is 19.1 Å². The number of aromatic carboxylic acids is 1. The van der Waals surface area contributed by atoms with Crippen molar-refractivity contribution in [2.24, 2.45) is 7.05 Å². The molecule has 0 saturated heterocycles. The van der Waals surface area contributed by atoms with Crippen molar-refractivity contribution in [3.63, 3.8) is 0 Å². The first-order valence-corrected chi connectivity index (χ1v) is 4.90. The number of hydrogen-bond donors (Lipinski definition) is 2. The predicted octanol–water partition coefficient (Wildman–Crippen LogP) is -0.859. The molecule has 2 aromatic rings. The number of nitrogens with one attached hydrogen (secondary N) is 1. The van der Waals surface area contributed by atoms with Gasteiger partial charge < -0.3 is 9.67 Å². The molecule has 0 saturated carbocycles. The van der Waals surface area contributed by atoms with Crippen molar-refractivity contribution in [3.8, 4) is 0 Å². The SMILES string of the molecule is CCn1c(C(=O)O)nc2c1c(=O)[nH]c(=O)n2C. The van der Waals surface area contributed by atoms with Crippen LogP contribution in [0.4, 0.5) is 0 Å². The Morgan fingerprint density at radius 3 is 2.65 bits per heavy atom. The molecule has 2 heterocycles. The van der Waals surface area contributed by atoms with Crippen LogP contribution in [0.3, 0.4) is 0 Å². The third kappa shape index (κ3) is 1.45. The zero-order valence-corrected chi connectivity index (χ0v) is 9.22. The Kier molecular flexibility index (Phi) is 2.34. The van der Waals surface area contributed by atoms with Gasteiger partial charge in [0.25, 0.3) is 5.56 Å². The van der Waals surface area contributed by atoms with Crippen molar-refractivity contribution in [3.05, 3.63) is 26.7 Å². The minimum atomic E-state index is -1.24. The zero-order valence-electron chi connectivity index (χ0n) is 9.22. The van der Waals surface area contributed by atoms with Crippen molar-refractivity contribution in [2.75, 3.05) is 0 Å². The summed E-state index contributed by atoms with van der Waals surface area (Å²) in [6.45, 7) is 1.97. The van der Waals surface area contributed by atoms with Gasteiger partial charge >= 0.3 is 11.7 Å².